The van der Waals surface area contributed by atoms with Gasteiger partial charge in [-0.25, -0.2) is 0 Å². The molecule has 156 valence electrons. The van der Waals surface area contributed by atoms with Crippen molar-refractivity contribution in [2.45, 2.75) is 44.3 Å². The lowest BCUT2D eigenvalue weighted by atomic mass is 9.86. The van der Waals surface area contributed by atoms with E-state index in [9.17, 15) is 9.59 Å². The highest BCUT2D eigenvalue weighted by Crippen LogP contribution is 2.27. The summed E-state index contributed by atoms with van der Waals surface area (Å²) in [5, 5.41) is 10.0. The average molecular weight is 406 g/mol. The second kappa shape index (κ2) is 9.09. The third kappa shape index (κ3) is 4.68. The molecule has 0 radical (unpaired) electrons. The van der Waals surface area contributed by atoms with Gasteiger partial charge in [-0.15, -0.1) is 0 Å². The second-order valence-corrected chi connectivity index (χ2v) is 7.84. The van der Waals surface area contributed by atoms with Crippen LogP contribution in [0.25, 0.3) is 10.9 Å². The highest BCUT2D eigenvalue weighted by Gasteiger charge is 2.29. The Balaban J connectivity index is 1.28. The van der Waals surface area contributed by atoms with Gasteiger partial charge in [-0.1, -0.05) is 30.3 Å². The van der Waals surface area contributed by atoms with E-state index in [4.69, 9.17) is 0 Å². The van der Waals surface area contributed by atoms with Crippen molar-refractivity contribution in [3.63, 3.8) is 0 Å². The number of fused-ring (bicyclic) bond motifs is 1. The summed E-state index contributed by atoms with van der Waals surface area (Å²) in [7, 11) is 0. The molecule has 3 aromatic rings. The Labute approximate surface area is 175 Å². The summed E-state index contributed by atoms with van der Waals surface area (Å²) in [4.78, 5) is 32.5. The van der Waals surface area contributed by atoms with Crippen molar-refractivity contribution in [3.05, 3.63) is 66.1 Å². The summed E-state index contributed by atoms with van der Waals surface area (Å²) >= 11 is 0. The number of carbonyl (C=O) groups is 2. The van der Waals surface area contributed by atoms with Crippen molar-refractivity contribution in [2.75, 3.05) is 6.54 Å². The second-order valence-electron chi connectivity index (χ2n) is 7.84. The van der Waals surface area contributed by atoms with Gasteiger partial charge in [0.05, 0.1) is 12.6 Å². The Morgan fingerprint density at radius 2 is 2.07 bits per heavy atom. The van der Waals surface area contributed by atoms with Crippen LogP contribution in [0.15, 0.2) is 54.9 Å². The molecule has 0 spiro atoms. The summed E-state index contributed by atoms with van der Waals surface area (Å²) < 4.78 is 0. The quantitative estimate of drug-likeness (QED) is 0.505. The number of aromatic amines is 1. The number of hydrogen-bond donors (Lipinski definition) is 4. The number of hydrogen-bond acceptors (Lipinski definition) is 4. The minimum absolute atomic E-state index is 0.130. The molecule has 0 bridgehead atoms. The maximum atomic E-state index is 12.7. The predicted molar refractivity (Wildman–Crippen MR) is 116 cm³/mol. The number of piperidine rings is 1. The average Bonchev–Trinajstić information content (AvgIpc) is 3.21. The van der Waals surface area contributed by atoms with E-state index < -0.39 is 6.04 Å². The van der Waals surface area contributed by atoms with Crippen LogP contribution in [-0.4, -0.2) is 40.4 Å². The number of nitrogens with zero attached hydrogens (tertiary/aromatic N) is 1. The van der Waals surface area contributed by atoms with E-state index in [-0.39, 0.29) is 17.9 Å². The molecule has 30 heavy (non-hydrogen) atoms. The van der Waals surface area contributed by atoms with Gasteiger partial charge in [0.2, 0.25) is 11.8 Å². The lowest BCUT2D eigenvalue weighted by Crippen LogP contribution is -2.53. The van der Waals surface area contributed by atoms with Gasteiger partial charge >= 0.3 is 0 Å². The fourth-order valence-corrected chi connectivity index (χ4v) is 3.99. The van der Waals surface area contributed by atoms with E-state index >= 15 is 0 Å². The number of nitrogens with one attached hydrogen (secondary N) is 4. The zero-order chi connectivity index (χ0) is 20.9. The summed E-state index contributed by atoms with van der Waals surface area (Å²) in [5.74, 6) is 0.00866. The van der Waals surface area contributed by atoms with Crippen LogP contribution in [0.2, 0.25) is 0 Å². The van der Waals surface area contributed by atoms with Gasteiger partial charge in [0.15, 0.2) is 0 Å². The van der Waals surface area contributed by atoms with E-state index in [2.05, 4.69) is 38.1 Å². The van der Waals surface area contributed by atoms with Crippen LogP contribution in [0.1, 0.15) is 36.9 Å². The molecule has 1 aliphatic rings. The molecule has 2 amide bonds. The molecule has 1 aromatic carbocycles. The van der Waals surface area contributed by atoms with Crippen molar-refractivity contribution in [2.24, 2.45) is 0 Å². The number of H-pyrrole nitrogens is 1. The number of carbonyl (C=O) groups excluding carboxylic acids is 2. The molecule has 1 unspecified atom stereocenters. The van der Waals surface area contributed by atoms with Crippen molar-refractivity contribution < 1.29 is 9.59 Å². The van der Waals surface area contributed by atoms with Crippen LogP contribution in [-0.2, 0) is 16.1 Å². The molecular weight excluding hydrogens is 378 g/mol. The molecule has 3 atom stereocenters. The van der Waals surface area contributed by atoms with Gasteiger partial charge < -0.3 is 20.9 Å². The van der Waals surface area contributed by atoms with E-state index in [0.717, 1.165) is 36.0 Å². The first-order chi connectivity index (χ1) is 14.6. The Morgan fingerprint density at radius 3 is 2.87 bits per heavy atom. The third-order valence-corrected chi connectivity index (χ3v) is 5.67. The van der Waals surface area contributed by atoms with Crippen LogP contribution in [0.5, 0.6) is 0 Å². The zero-order valence-corrected chi connectivity index (χ0v) is 17.0. The zero-order valence-electron chi connectivity index (χ0n) is 17.0. The highest BCUT2D eigenvalue weighted by atomic mass is 16.2. The maximum Gasteiger partial charge on any atom is 0.242 e. The molecule has 7 nitrogen and oxygen atoms in total. The highest BCUT2D eigenvalue weighted by molar-refractivity contribution is 5.89. The fourth-order valence-electron chi connectivity index (χ4n) is 3.99. The first-order valence-corrected chi connectivity index (χ1v) is 10.4. The van der Waals surface area contributed by atoms with E-state index in [0.29, 0.717) is 12.5 Å². The molecule has 0 aliphatic carbocycles. The molecule has 1 saturated heterocycles. The molecule has 2 aromatic heterocycles. The number of benzene rings is 1. The van der Waals surface area contributed by atoms with Crippen LogP contribution < -0.4 is 16.0 Å². The van der Waals surface area contributed by atoms with Gasteiger partial charge in [0.1, 0.15) is 6.04 Å². The summed E-state index contributed by atoms with van der Waals surface area (Å²) in [6, 6.07) is 13.2. The van der Waals surface area contributed by atoms with Crippen molar-refractivity contribution in [3.8, 4) is 0 Å². The lowest BCUT2D eigenvalue weighted by Gasteiger charge is -2.30. The van der Waals surface area contributed by atoms with Gasteiger partial charge in [-0.3, -0.25) is 14.6 Å². The van der Waals surface area contributed by atoms with Crippen LogP contribution >= 0.6 is 0 Å². The standard InChI is InChI=1S/C23H27N5O2/c1-15(22(29)26-14-19-11-18-13-24-9-8-20(18)28-19)27-23(30)21-12-17(7-10-25-21)16-5-3-2-4-6-16/h2-6,8-9,11,13,15,17,21,25,28H,7,10,12,14H2,1H3,(H,26,29)(H,27,30)/t15?,17-,21+/m0/s1. The minimum atomic E-state index is -0.609. The molecule has 7 heteroatoms. The topological polar surface area (TPSA) is 98.9 Å². The van der Waals surface area contributed by atoms with Crippen LogP contribution in [0, 0.1) is 0 Å². The number of amides is 2. The molecule has 1 aliphatic heterocycles. The fraction of sp³-hybridized carbons (Fsp3) is 0.348. The van der Waals surface area contributed by atoms with E-state index in [1.807, 2.05) is 30.3 Å². The van der Waals surface area contributed by atoms with Gasteiger partial charge in [0.25, 0.3) is 0 Å². The normalized spacial score (nSPS) is 19.9. The Morgan fingerprint density at radius 1 is 1.23 bits per heavy atom. The molecule has 4 N–H and O–H groups in total. The van der Waals surface area contributed by atoms with Crippen molar-refractivity contribution >= 4 is 22.7 Å². The van der Waals surface area contributed by atoms with Crippen molar-refractivity contribution in [1.29, 1.82) is 0 Å². The van der Waals surface area contributed by atoms with Crippen molar-refractivity contribution in [1.82, 2.24) is 25.9 Å². The smallest absolute Gasteiger partial charge is 0.242 e. The Kier molecular flexibility index (Phi) is 6.09. The summed E-state index contributed by atoms with van der Waals surface area (Å²) in [6.45, 7) is 2.86. The van der Waals surface area contributed by atoms with Gasteiger partial charge in [0, 0.05) is 29.0 Å². The number of rotatable bonds is 6. The third-order valence-electron chi connectivity index (χ3n) is 5.67. The predicted octanol–water partition coefficient (Wildman–Crippen LogP) is 2.22. The molecule has 3 heterocycles. The first-order valence-electron chi connectivity index (χ1n) is 10.4. The Hall–Kier alpha value is -3.19. The molecule has 1 fully saturated rings. The molecular formula is C23H27N5O2. The lowest BCUT2D eigenvalue weighted by molar-refractivity contribution is -0.130. The summed E-state index contributed by atoms with van der Waals surface area (Å²) in [5.41, 5.74) is 3.13. The van der Waals surface area contributed by atoms with Gasteiger partial charge in [-0.05, 0) is 49.9 Å². The largest absolute Gasteiger partial charge is 0.357 e. The Bertz CT molecular complexity index is 984. The first kappa shape index (κ1) is 20.1. The number of pyridine rings is 1. The van der Waals surface area contributed by atoms with E-state index in [1.54, 1.807) is 19.3 Å². The summed E-state index contributed by atoms with van der Waals surface area (Å²) in [6.07, 6.45) is 5.23. The monoisotopic (exact) mass is 405 g/mol. The SMILES string of the molecule is CC(NC(=O)[C@H]1C[C@@H](c2ccccc2)CCN1)C(=O)NCc1cc2cnccc2[nH]1. The number of aromatic nitrogens is 2. The van der Waals surface area contributed by atoms with Crippen LogP contribution in [0.3, 0.4) is 0 Å². The molecule has 0 saturated carbocycles. The van der Waals surface area contributed by atoms with E-state index in [1.165, 1.54) is 5.56 Å². The maximum absolute atomic E-state index is 12.7. The van der Waals surface area contributed by atoms with Crippen LogP contribution in [0.4, 0.5) is 0 Å². The minimum Gasteiger partial charge on any atom is -0.357 e. The van der Waals surface area contributed by atoms with Gasteiger partial charge in [-0.2, -0.15) is 0 Å². The molecule has 4 rings (SSSR count).